The molecule has 2 atom stereocenters. The van der Waals surface area contributed by atoms with Crippen LogP contribution in [0.2, 0.25) is 0 Å². The lowest BCUT2D eigenvalue weighted by atomic mass is 10.0. The average Bonchev–Trinajstić information content (AvgIpc) is 2.94. The van der Waals surface area contributed by atoms with Crippen molar-refractivity contribution in [1.29, 1.82) is 0 Å². The summed E-state index contributed by atoms with van der Waals surface area (Å²) in [6, 6.07) is 7.15. The Morgan fingerprint density at radius 3 is 2.65 bits per heavy atom. The number of benzene rings is 1. The highest BCUT2D eigenvalue weighted by atomic mass is 16.5. The first kappa shape index (κ1) is 14.5. The van der Waals surface area contributed by atoms with Gasteiger partial charge in [0.2, 0.25) is 11.8 Å². The monoisotopic (exact) mass is 276 g/mol. The minimum atomic E-state index is -0.675. The number of nitrogens with one attached hydrogen (secondary N) is 1. The fourth-order valence-corrected chi connectivity index (χ4v) is 2.21. The second-order valence-electron chi connectivity index (χ2n) is 5.21. The van der Waals surface area contributed by atoms with Crippen LogP contribution in [0.4, 0.5) is 0 Å². The minimum absolute atomic E-state index is 0.154. The van der Waals surface area contributed by atoms with Crippen molar-refractivity contribution in [3.63, 3.8) is 0 Å². The molecule has 0 aromatic heterocycles. The van der Waals surface area contributed by atoms with E-state index in [1.54, 1.807) is 0 Å². The normalized spacial score (nSPS) is 19.6. The van der Waals surface area contributed by atoms with Gasteiger partial charge in [-0.2, -0.15) is 0 Å². The van der Waals surface area contributed by atoms with E-state index in [0.29, 0.717) is 26.1 Å². The van der Waals surface area contributed by atoms with Crippen LogP contribution in [0.15, 0.2) is 24.3 Å². The molecular weight excluding hydrogens is 256 g/mol. The molecule has 0 bridgehead atoms. The molecule has 5 heteroatoms. The molecule has 2 rings (SSSR count). The highest BCUT2D eigenvalue weighted by molar-refractivity contribution is 5.87. The molecule has 0 aliphatic carbocycles. The Kier molecular flexibility index (Phi) is 4.74. The number of ether oxygens (including phenoxy) is 1. The summed E-state index contributed by atoms with van der Waals surface area (Å²) in [4.78, 5) is 23.5. The topological polar surface area (TPSA) is 81.4 Å². The Bertz CT molecular complexity index is 478. The Morgan fingerprint density at radius 2 is 2.10 bits per heavy atom. The summed E-state index contributed by atoms with van der Waals surface area (Å²) in [7, 11) is 0. The largest absolute Gasteiger partial charge is 0.381 e. The summed E-state index contributed by atoms with van der Waals surface area (Å²) in [5.74, 6) is -0.842. The van der Waals surface area contributed by atoms with Crippen LogP contribution in [0.25, 0.3) is 0 Å². The van der Waals surface area contributed by atoms with Gasteiger partial charge < -0.3 is 15.8 Å². The maximum absolute atomic E-state index is 12.0. The molecule has 20 heavy (non-hydrogen) atoms. The van der Waals surface area contributed by atoms with Gasteiger partial charge in [0.15, 0.2) is 0 Å². The zero-order valence-corrected chi connectivity index (χ0v) is 11.6. The van der Waals surface area contributed by atoms with Gasteiger partial charge in [0.1, 0.15) is 6.04 Å². The van der Waals surface area contributed by atoms with Crippen molar-refractivity contribution in [1.82, 2.24) is 5.32 Å². The van der Waals surface area contributed by atoms with Crippen LogP contribution in [0.3, 0.4) is 0 Å². The van der Waals surface area contributed by atoms with E-state index in [1.807, 2.05) is 31.2 Å². The van der Waals surface area contributed by atoms with Crippen LogP contribution in [0.5, 0.6) is 0 Å². The van der Waals surface area contributed by atoms with Gasteiger partial charge in [0.25, 0.3) is 0 Å². The van der Waals surface area contributed by atoms with Gasteiger partial charge in [-0.05, 0) is 18.9 Å². The molecule has 3 N–H and O–H groups in total. The molecule has 1 saturated heterocycles. The van der Waals surface area contributed by atoms with E-state index in [4.69, 9.17) is 10.5 Å². The van der Waals surface area contributed by atoms with Crippen LogP contribution >= 0.6 is 0 Å². The zero-order chi connectivity index (χ0) is 14.5. The summed E-state index contributed by atoms with van der Waals surface area (Å²) in [5, 5.41) is 2.73. The standard InChI is InChI=1S/C15H20N2O3/c1-10-2-4-11(5-3-10)8-13(14(16)18)17-15(19)12-6-7-20-9-12/h2-5,12-13H,6-9H2,1H3,(H2,16,18)(H,17,19)/t12-,13+/m0/s1. The third-order valence-corrected chi connectivity index (χ3v) is 3.52. The van der Waals surface area contributed by atoms with Crippen LogP contribution < -0.4 is 11.1 Å². The van der Waals surface area contributed by atoms with Crippen LogP contribution in [0.1, 0.15) is 17.5 Å². The smallest absolute Gasteiger partial charge is 0.240 e. The van der Waals surface area contributed by atoms with Crippen molar-refractivity contribution in [3.05, 3.63) is 35.4 Å². The summed E-state index contributed by atoms with van der Waals surface area (Å²) in [5.41, 5.74) is 7.50. The molecule has 1 aliphatic heterocycles. The van der Waals surface area contributed by atoms with Crippen molar-refractivity contribution in [3.8, 4) is 0 Å². The highest BCUT2D eigenvalue weighted by Gasteiger charge is 2.27. The van der Waals surface area contributed by atoms with E-state index >= 15 is 0 Å². The summed E-state index contributed by atoms with van der Waals surface area (Å²) >= 11 is 0. The van der Waals surface area contributed by atoms with E-state index in [1.165, 1.54) is 0 Å². The molecule has 1 fully saturated rings. The van der Waals surface area contributed by atoms with Crippen molar-refractivity contribution >= 4 is 11.8 Å². The SMILES string of the molecule is Cc1ccc(C[C@@H](NC(=O)[C@H]2CCOC2)C(N)=O)cc1. The van der Waals surface area contributed by atoms with Gasteiger partial charge in [-0.1, -0.05) is 29.8 Å². The molecule has 1 aliphatic rings. The van der Waals surface area contributed by atoms with Gasteiger partial charge in [-0.25, -0.2) is 0 Å². The van der Waals surface area contributed by atoms with Crippen LogP contribution in [-0.2, 0) is 20.7 Å². The number of carbonyl (C=O) groups is 2. The van der Waals surface area contributed by atoms with Gasteiger partial charge in [0.05, 0.1) is 12.5 Å². The lowest BCUT2D eigenvalue weighted by Crippen LogP contribution is -2.48. The van der Waals surface area contributed by atoms with Crippen molar-refractivity contribution in [2.24, 2.45) is 11.7 Å². The molecular formula is C15H20N2O3. The van der Waals surface area contributed by atoms with Crippen LogP contribution in [-0.4, -0.2) is 31.1 Å². The summed E-state index contributed by atoms with van der Waals surface area (Å²) in [6.45, 7) is 3.01. The van der Waals surface area contributed by atoms with E-state index in [2.05, 4.69) is 5.32 Å². The fraction of sp³-hybridized carbons (Fsp3) is 0.467. The molecule has 2 amide bonds. The Labute approximate surface area is 118 Å². The second-order valence-corrected chi connectivity index (χ2v) is 5.21. The predicted molar refractivity (Wildman–Crippen MR) is 74.9 cm³/mol. The first-order chi connectivity index (χ1) is 9.56. The minimum Gasteiger partial charge on any atom is -0.381 e. The average molecular weight is 276 g/mol. The molecule has 5 nitrogen and oxygen atoms in total. The van der Waals surface area contributed by atoms with E-state index < -0.39 is 11.9 Å². The van der Waals surface area contributed by atoms with Crippen molar-refractivity contribution < 1.29 is 14.3 Å². The lowest BCUT2D eigenvalue weighted by Gasteiger charge is -2.17. The molecule has 108 valence electrons. The third kappa shape index (κ3) is 3.81. The number of primary amides is 1. The highest BCUT2D eigenvalue weighted by Crippen LogP contribution is 2.13. The van der Waals surface area contributed by atoms with Gasteiger partial charge in [-0.15, -0.1) is 0 Å². The predicted octanol–water partition coefficient (Wildman–Crippen LogP) is 0.544. The second kappa shape index (κ2) is 6.52. The zero-order valence-electron chi connectivity index (χ0n) is 11.6. The fourth-order valence-electron chi connectivity index (χ4n) is 2.21. The third-order valence-electron chi connectivity index (χ3n) is 3.52. The van der Waals surface area contributed by atoms with E-state index in [-0.39, 0.29) is 11.8 Å². The van der Waals surface area contributed by atoms with E-state index in [0.717, 1.165) is 11.1 Å². The van der Waals surface area contributed by atoms with Crippen molar-refractivity contribution in [2.45, 2.75) is 25.8 Å². The molecule has 1 aromatic rings. The van der Waals surface area contributed by atoms with E-state index in [9.17, 15) is 9.59 Å². The summed E-state index contributed by atoms with van der Waals surface area (Å²) in [6.07, 6.45) is 1.11. The molecule has 1 heterocycles. The Morgan fingerprint density at radius 1 is 1.40 bits per heavy atom. The summed E-state index contributed by atoms with van der Waals surface area (Å²) < 4.78 is 5.17. The molecule has 0 spiro atoms. The van der Waals surface area contributed by atoms with Gasteiger partial charge >= 0.3 is 0 Å². The van der Waals surface area contributed by atoms with Gasteiger partial charge in [0, 0.05) is 13.0 Å². The molecule has 0 saturated carbocycles. The van der Waals surface area contributed by atoms with Crippen molar-refractivity contribution in [2.75, 3.05) is 13.2 Å². The number of carbonyl (C=O) groups excluding carboxylic acids is 2. The lowest BCUT2D eigenvalue weighted by molar-refractivity contribution is -0.129. The Hall–Kier alpha value is -1.88. The number of nitrogens with two attached hydrogens (primary N) is 1. The molecule has 0 unspecified atom stereocenters. The molecule has 0 radical (unpaired) electrons. The van der Waals surface area contributed by atoms with Gasteiger partial charge in [-0.3, -0.25) is 9.59 Å². The maximum Gasteiger partial charge on any atom is 0.240 e. The number of hydrogen-bond donors (Lipinski definition) is 2. The number of amides is 2. The number of rotatable bonds is 5. The Balaban J connectivity index is 1.98. The quantitative estimate of drug-likeness (QED) is 0.823. The molecule has 1 aromatic carbocycles. The van der Waals surface area contributed by atoms with Crippen LogP contribution in [0, 0.1) is 12.8 Å². The first-order valence-corrected chi connectivity index (χ1v) is 6.79. The first-order valence-electron chi connectivity index (χ1n) is 6.79. The number of aryl methyl sites for hydroxylation is 1. The maximum atomic E-state index is 12.0. The number of hydrogen-bond acceptors (Lipinski definition) is 3.